The second-order valence-corrected chi connectivity index (χ2v) is 6.89. The van der Waals surface area contributed by atoms with Crippen molar-refractivity contribution in [2.45, 2.75) is 12.5 Å². The third-order valence-electron chi connectivity index (χ3n) is 3.40. The molecule has 1 amide bonds. The fraction of sp³-hybridized carbons (Fsp3) is 0.800. The van der Waals surface area contributed by atoms with Gasteiger partial charge < -0.3 is 9.64 Å². The van der Waals surface area contributed by atoms with Gasteiger partial charge in [0.15, 0.2) is 15.3 Å². The van der Waals surface area contributed by atoms with Gasteiger partial charge in [0.2, 0.25) is 5.91 Å². The maximum Gasteiger partial charge on any atom is 0.247 e. The van der Waals surface area contributed by atoms with Crippen LogP contribution in [0.3, 0.4) is 0 Å². The van der Waals surface area contributed by atoms with Gasteiger partial charge in [-0.05, 0) is 6.42 Å². The topological polar surface area (TPSA) is 87.5 Å². The minimum Gasteiger partial charge on any atom is -0.377 e. The molecule has 2 rings (SSSR count). The molecule has 17 heavy (non-hydrogen) atoms. The van der Waals surface area contributed by atoms with Crippen LogP contribution in [0.15, 0.2) is 0 Å². The van der Waals surface area contributed by atoms with Gasteiger partial charge in [-0.25, -0.2) is 8.42 Å². The summed E-state index contributed by atoms with van der Waals surface area (Å²) in [6, 6.07) is 1.67. The fourth-order valence-electron chi connectivity index (χ4n) is 2.13. The average molecular weight is 258 g/mol. The molecular formula is C10H14N2O4S. The lowest BCUT2D eigenvalue weighted by atomic mass is 9.86. The second-order valence-electron chi connectivity index (χ2n) is 4.66. The Morgan fingerprint density at radius 1 is 1.53 bits per heavy atom. The van der Waals surface area contributed by atoms with Crippen molar-refractivity contribution in [1.82, 2.24) is 4.90 Å². The number of nitrogens with zero attached hydrogens (tertiary/aromatic N) is 2. The number of hydrogen-bond donors (Lipinski definition) is 0. The molecule has 2 heterocycles. The molecule has 0 N–H and O–H groups in total. The molecule has 0 radical (unpaired) electrons. The number of nitriles is 1. The first-order valence-corrected chi connectivity index (χ1v) is 7.19. The minimum atomic E-state index is -3.02. The lowest BCUT2D eigenvalue weighted by molar-refractivity contribution is -0.161. The van der Waals surface area contributed by atoms with Crippen LogP contribution in [0.4, 0.5) is 0 Å². The Balaban J connectivity index is 2.09. The molecule has 2 fully saturated rings. The molecule has 2 aliphatic heterocycles. The van der Waals surface area contributed by atoms with Gasteiger partial charge in [-0.2, -0.15) is 5.26 Å². The molecule has 1 unspecified atom stereocenters. The van der Waals surface area contributed by atoms with E-state index >= 15 is 0 Å². The van der Waals surface area contributed by atoms with E-state index in [2.05, 4.69) is 0 Å². The van der Waals surface area contributed by atoms with Crippen molar-refractivity contribution in [2.24, 2.45) is 5.41 Å². The zero-order valence-corrected chi connectivity index (χ0v) is 10.4. The summed E-state index contributed by atoms with van der Waals surface area (Å²) in [6.45, 7) is 0.207. The summed E-state index contributed by atoms with van der Waals surface area (Å²) in [5, 5.41) is 9.01. The smallest absolute Gasteiger partial charge is 0.247 e. The molecule has 0 aliphatic carbocycles. The van der Waals surface area contributed by atoms with Crippen molar-refractivity contribution in [3.05, 3.63) is 0 Å². The molecule has 2 aliphatic rings. The Kier molecular flexibility index (Phi) is 2.87. The van der Waals surface area contributed by atoms with Gasteiger partial charge in [0.1, 0.15) is 0 Å². The maximum absolute atomic E-state index is 12.1. The van der Waals surface area contributed by atoms with Crippen molar-refractivity contribution in [1.29, 1.82) is 5.26 Å². The number of sulfone groups is 1. The highest BCUT2D eigenvalue weighted by Gasteiger charge is 2.50. The van der Waals surface area contributed by atoms with Crippen molar-refractivity contribution >= 4 is 15.7 Å². The van der Waals surface area contributed by atoms with Crippen LogP contribution >= 0.6 is 0 Å². The third kappa shape index (κ3) is 2.03. The van der Waals surface area contributed by atoms with Crippen molar-refractivity contribution in [2.75, 3.05) is 31.8 Å². The van der Waals surface area contributed by atoms with Gasteiger partial charge in [-0.15, -0.1) is 0 Å². The van der Waals surface area contributed by atoms with E-state index in [1.54, 1.807) is 7.05 Å². The Bertz CT molecular complexity index is 475. The first-order valence-electron chi connectivity index (χ1n) is 5.37. The van der Waals surface area contributed by atoms with Crippen molar-refractivity contribution < 1.29 is 17.9 Å². The van der Waals surface area contributed by atoms with Gasteiger partial charge in [-0.1, -0.05) is 0 Å². The van der Waals surface area contributed by atoms with Crippen molar-refractivity contribution in [3.8, 4) is 6.07 Å². The van der Waals surface area contributed by atoms with Crippen molar-refractivity contribution in [3.63, 3.8) is 0 Å². The highest BCUT2D eigenvalue weighted by Crippen LogP contribution is 2.30. The molecule has 0 saturated carbocycles. The van der Waals surface area contributed by atoms with E-state index in [0.717, 1.165) is 0 Å². The van der Waals surface area contributed by atoms with Gasteiger partial charge in [0.05, 0.1) is 30.8 Å². The summed E-state index contributed by atoms with van der Waals surface area (Å²) in [7, 11) is -1.46. The van der Waals surface area contributed by atoms with Crippen LogP contribution < -0.4 is 0 Å². The number of rotatable bonds is 2. The summed E-state index contributed by atoms with van der Waals surface area (Å²) < 4.78 is 27.6. The number of amides is 1. The number of carbonyl (C=O) groups is 1. The van der Waals surface area contributed by atoms with E-state index in [9.17, 15) is 13.2 Å². The van der Waals surface area contributed by atoms with E-state index in [1.807, 2.05) is 6.07 Å². The fourth-order valence-corrected chi connectivity index (χ4v) is 3.90. The van der Waals surface area contributed by atoms with E-state index in [-0.39, 0.29) is 36.7 Å². The minimum absolute atomic E-state index is 0.00238. The predicted octanol–water partition coefficient (Wildman–Crippen LogP) is -0.828. The number of hydrogen-bond acceptors (Lipinski definition) is 5. The van der Waals surface area contributed by atoms with Crippen LogP contribution in [0.2, 0.25) is 0 Å². The first kappa shape index (κ1) is 12.3. The van der Waals surface area contributed by atoms with Crippen LogP contribution in [0.25, 0.3) is 0 Å². The second kappa shape index (κ2) is 3.96. The van der Waals surface area contributed by atoms with Gasteiger partial charge in [0, 0.05) is 13.1 Å². The molecule has 0 bridgehead atoms. The van der Waals surface area contributed by atoms with E-state index in [1.165, 1.54) is 4.90 Å². The summed E-state index contributed by atoms with van der Waals surface area (Å²) in [5.74, 6) is -0.212. The SMILES string of the molecule is CN(C(=O)C1(C#N)COC1)C1CCS(=O)(=O)C1. The highest BCUT2D eigenvalue weighted by molar-refractivity contribution is 7.91. The zero-order valence-electron chi connectivity index (χ0n) is 9.55. The lowest BCUT2D eigenvalue weighted by Crippen LogP contribution is -2.55. The van der Waals surface area contributed by atoms with E-state index < -0.39 is 15.3 Å². The van der Waals surface area contributed by atoms with Crippen LogP contribution in [-0.4, -0.2) is 57.0 Å². The first-order chi connectivity index (χ1) is 7.90. The molecule has 1 atom stereocenters. The average Bonchev–Trinajstić information content (AvgIpc) is 2.57. The normalized spacial score (nSPS) is 29.1. The highest BCUT2D eigenvalue weighted by atomic mass is 32.2. The third-order valence-corrected chi connectivity index (χ3v) is 5.15. The molecule has 6 nitrogen and oxygen atoms in total. The number of carbonyl (C=O) groups excluding carboxylic acids is 1. The van der Waals surface area contributed by atoms with Crippen LogP contribution in [0, 0.1) is 16.7 Å². The quantitative estimate of drug-likeness (QED) is 0.645. The predicted molar refractivity (Wildman–Crippen MR) is 58.7 cm³/mol. The molecule has 0 aromatic carbocycles. The Morgan fingerprint density at radius 2 is 2.18 bits per heavy atom. The summed E-state index contributed by atoms with van der Waals surface area (Å²) in [4.78, 5) is 13.5. The van der Waals surface area contributed by atoms with Crippen LogP contribution in [0.1, 0.15) is 6.42 Å². The molecule has 94 valence electrons. The van der Waals surface area contributed by atoms with Gasteiger partial charge in [-0.3, -0.25) is 4.79 Å². The lowest BCUT2D eigenvalue weighted by Gasteiger charge is -2.38. The molecule has 0 aromatic heterocycles. The molecule has 7 heteroatoms. The van der Waals surface area contributed by atoms with Gasteiger partial charge >= 0.3 is 0 Å². The van der Waals surface area contributed by atoms with E-state index in [0.29, 0.717) is 6.42 Å². The maximum atomic E-state index is 12.1. The Labute approximate surface area is 100 Å². The largest absolute Gasteiger partial charge is 0.377 e. The van der Waals surface area contributed by atoms with Crippen LogP contribution in [0.5, 0.6) is 0 Å². The zero-order chi connectivity index (χ0) is 12.7. The molecular weight excluding hydrogens is 244 g/mol. The summed E-state index contributed by atoms with van der Waals surface area (Å²) in [5.41, 5.74) is -1.10. The summed E-state index contributed by atoms with van der Waals surface area (Å²) in [6.07, 6.45) is 0.451. The Morgan fingerprint density at radius 3 is 2.53 bits per heavy atom. The molecule has 0 spiro atoms. The number of ether oxygens (including phenoxy) is 1. The van der Waals surface area contributed by atoms with Crippen LogP contribution in [-0.2, 0) is 19.4 Å². The molecule has 0 aromatic rings. The van der Waals surface area contributed by atoms with E-state index in [4.69, 9.17) is 10.00 Å². The monoisotopic (exact) mass is 258 g/mol. The summed E-state index contributed by atoms with van der Waals surface area (Å²) >= 11 is 0. The molecule has 2 saturated heterocycles. The van der Waals surface area contributed by atoms with Gasteiger partial charge in [0.25, 0.3) is 0 Å². The standard InChI is InChI=1S/C10H14N2O4S/c1-12(8-2-3-17(14,15)4-8)9(13)10(5-11)6-16-7-10/h8H,2-4,6-7H2,1H3. The Hall–Kier alpha value is -1.13.